The van der Waals surface area contributed by atoms with Crippen LogP contribution in [0.3, 0.4) is 0 Å². The van der Waals surface area contributed by atoms with Crippen molar-refractivity contribution in [2.45, 2.75) is 32.3 Å². The number of hydrogen-bond donors (Lipinski definition) is 2. The van der Waals surface area contributed by atoms with Gasteiger partial charge in [-0.05, 0) is 48.6 Å². The van der Waals surface area contributed by atoms with E-state index in [1.165, 1.54) is 10.9 Å². The molecule has 0 radical (unpaired) electrons. The van der Waals surface area contributed by atoms with Gasteiger partial charge in [0.05, 0.1) is 6.10 Å². The first-order valence-electron chi connectivity index (χ1n) is 9.82. The highest BCUT2D eigenvalue weighted by molar-refractivity contribution is 5.84. The molecule has 27 heavy (non-hydrogen) atoms. The fourth-order valence-corrected chi connectivity index (χ4v) is 3.71. The molecular weight excluding hydrogens is 338 g/mol. The summed E-state index contributed by atoms with van der Waals surface area (Å²) in [6, 6.07) is 10.4. The van der Waals surface area contributed by atoms with Gasteiger partial charge in [0.2, 0.25) is 0 Å². The molecule has 0 spiro atoms. The van der Waals surface area contributed by atoms with E-state index in [2.05, 4.69) is 40.0 Å². The number of aryl methyl sites for hydroxylation is 1. The molecule has 1 aliphatic heterocycles. The minimum absolute atomic E-state index is 0.127. The molecule has 2 aromatic heterocycles. The van der Waals surface area contributed by atoms with Crippen LogP contribution in [0.4, 0.5) is 0 Å². The van der Waals surface area contributed by atoms with Gasteiger partial charge in [0.25, 0.3) is 0 Å². The summed E-state index contributed by atoms with van der Waals surface area (Å²) < 4.78 is 5.98. The first-order valence-corrected chi connectivity index (χ1v) is 9.82. The molecule has 0 atom stereocenters. The average molecular weight is 365 g/mol. The van der Waals surface area contributed by atoms with Crippen molar-refractivity contribution in [2.75, 3.05) is 26.2 Å². The van der Waals surface area contributed by atoms with Crippen LogP contribution in [0.5, 0.6) is 5.75 Å². The summed E-state index contributed by atoms with van der Waals surface area (Å²) in [5.74, 6) is 0.884. The standard InChI is InChI=1S/C22H27N3O2/c1-2-16-14-23-22-21(16)13-18(15-24-22)17-4-3-5-20(12-17)27-11-10-25-8-6-19(26)7-9-25/h3-5,12-15,19,26H,2,6-11H2,1H3,(H,23,24). The topological polar surface area (TPSA) is 61.4 Å². The van der Waals surface area contributed by atoms with Gasteiger partial charge >= 0.3 is 0 Å². The van der Waals surface area contributed by atoms with Gasteiger partial charge in [0.1, 0.15) is 18.0 Å². The van der Waals surface area contributed by atoms with Gasteiger partial charge in [-0.2, -0.15) is 0 Å². The molecule has 1 aliphatic rings. The molecule has 0 saturated carbocycles. The van der Waals surface area contributed by atoms with Gasteiger partial charge in [-0.25, -0.2) is 4.98 Å². The lowest BCUT2D eigenvalue weighted by atomic mass is 10.0. The van der Waals surface area contributed by atoms with Crippen molar-refractivity contribution in [1.29, 1.82) is 0 Å². The van der Waals surface area contributed by atoms with Crippen LogP contribution >= 0.6 is 0 Å². The van der Waals surface area contributed by atoms with Crippen molar-refractivity contribution in [3.63, 3.8) is 0 Å². The van der Waals surface area contributed by atoms with Crippen LogP contribution in [0.1, 0.15) is 25.3 Å². The van der Waals surface area contributed by atoms with Gasteiger partial charge in [0, 0.05) is 43.0 Å². The maximum absolute atomic E-state index is 9.59. The Kier molecular flexibility index (Phi) is 5.41. The third-order valence-corrected chi connectivity index (χ3v) is 5.40. The number of hydrogen-bond acceptors (Lipinski definition) is 4. The number of pyridine rings is 1. The third kappa shape index (κ3) is 4.15. The zero-order chi connectivity index (χ0) is 18.6. The van der Waals surface area contributed by atoms with Crippen LogP contribution in [0.15, 0.2) is 42.7 Å². The normalized spacial score (nSPS) is 16.1. The Morgan fingerprint density at radius 3 is 2.89 bits per heavy atom. The molecule has 0 aliphatic carbocycles. The first kappa shape index (κ1) is 18.0. The number of rotatable bonds is 6. The van der Waals surface area contributed by atoms with Crippen LogP contribution in [-0.4, -0.2) is 52.3 Å². The number of aromatic amines is 1. The van der Waals surface area contributed by atoms with Crippen LogP contribution in [0.2, 0.25) is 0 Å². The maximum Gasteiger partial charge on any atom is 0.137 e. The predicted molar refractivity (Wildman–Crippen MR) is 108 cm³/mol. The molecule has 1 saturated heterocycles. The number of aromatic nitrogens is 2. The highest BCUT2D eigenvalue weighted by atomic mass is 16.5. The molecule has 3 aromatic rings. The second kappa shape index (κ2) is 8.11. The number of H-pyrrole nitrogens is 1. The van der Waals surface area contributed by atoms with E-state index in [0.29, 0.717) is 6.61 Å². The average Bonchev–Trinajstić information content (AvgIpc) is 3.12. The van der Waals surface area contributed by atoms with Crippen LogP contribution in [0, 0.1) is 0 Å². The highest BCUT2D eigenvalue weighted by Gasteiger charge is 2.16. The number of benzene rings is 1. The molecule has 142 valence electrons. The summed E-state index contributed by atoms with van der Waals surface area (Å²) in [6.45, 7) is 5.62. The number of aliphatic hydroxyl groups is 1. The molecule has 1 fully saturated rings. The van der Waals surface area contributed by atoms with Crippen molar-refractivity contribution < 1.29 is 9.84 Å². The molecule has 1 aromatic carbocycles. The fraction of sp³-hybridized carbons (Fsp3) is 0.409. The monoisotopic (exact) mass is 365 g/mol. The SMILES string of the molecule is CCc1c[nH]c2ncc(-c3cccc(OCCN4CCC(O)CC4)c3)cc12. The Morgan fingerprint density at radius 2 is 2.07 bits per heavy atom. The number of nitrogens with zero attached hydrogens (tertiary/aromatic N) is 2. The molecule has 0 bridgehead atoms. The zero-order valence-electron chi connectivity index (χ0n) is 15.8. The zero-order valence-corrected chi connectivity index (χ0v) is 15.8. The maximum atomic E-state index is 9.59. The summed E-state index contributed by atoms with van der Waals surface area (Å²) in [7, 11) is 0. The Labute approximate surface area is 160 Å². The molecule has 2 N–H and O–H groups in total. The van der Waals surface area contributed by atoms with Gasteiger partial charge in [-0.3, -0.25) is 4.90 Å². The minimum Gasteiger partial charge on any atom is -0.492 e. The molecule has 4 rings (SSSR count). The molecule has 0 unspecified atom stereocenters. The largest absolute Gasteiger partial charge is 0.492 e. The Bertz CT molecular complexity index is 897. The minimum atomic E-state index is -0.127. The molecular formula is C22H27N3O2. The second-order valence-corrected chi connectivity index (χ2v) is 7.24. The van der Waals surface area contributed by atoms with Crippen LogP contribution < -0.4 is 4.74 Å². The number of ether oxygens (including phenoxy) is 1. The summed E-state index contributed by atoms with van der Waals surface area (Å²) in [4.78, 5) is 10.2. The van der Waals surface area contributed by atoms with E-state index in [-0.39, 0.29) is 6.10 Å². The summed E-state index contributed by atoms with van der Waals surface area (Å²) >= 11 is 0. The summed E-state index contributed by atoms with van der Waals surface area (Å²) in [6.07, 6.45) is 6.55. The van der Waals surface area contributed by atoms with E-state index in [9.17, 15) is 5.11 Å². The molecule has 5 nitrogen and oxygen atoms in total. The Morgan fingerprint density at radius 1 is 1.22 bits per heavy atom. The smallest absolute Gasteiger partial charge is 0.137 e. The van der Waals surface area contributed by atoms with Crippen LogP contribution in [-0.2, 0) is 6.42 Å². The van der Waals surface area contributed by atoms with Gasteiger partial charge in [-0.1, -0.05) is 19.1 Å². The number of nitrogens with one attached hydrogen (secondary N) is 1. The van der Waals surface area contributed by atoms with Gasteiger partial charge in [-0.15, -0.1) is 0 Å². The third-order valence-electron chi connectivity index (χ3n) is 5.40. The quantitative estimate of drug-likeness (QED) is 0.700. The molecule has 5 heteroatoms. The summed E-state index contributed by atoms with van der Waals surface area (Å²) in [5.41, 5.74) is 4.45. The van der Waals surface area contributed by atoms with Crippen LogP contribution in [0.25, 0.3) is 22.2 Å². The van der Waals surface area contributed by atoms with Crippen molar-refractivity contribution in [2.24, 2.45) is 0 Å². The fourth-order valence-electron chi connectivity index (χ4n) is 3.71. The van der Waals surface area contributed by atoms with Crippen molar-refractivity contribution >= 4 is 11.0 Å². The lowest BCUT2D eigenvalue weighted by molar-refractivity contribution is 0.0755. The lowest BCUT2D eigenvalue weighted by Gasteiger charge is -2.29. The van der Waals surface area contributed by atoms with E-state index in [4.69, 9.17) is 4.74 Å². The number of likely N-dealkylation sites (tertiary alicyclic amines) is 1. The first-order chi connectivity index (χ1) is 13.2. The highest BCUT2D eigenvalue weighted by Crippen LogP contribution is 2.27. The van der Waals surface area contributed by atoms with E-state index in [1.54, 1.807) is 0 Å². The van der Waals surface area contributed by atoms with Crippen molar-refractivity contribution in [1.82, 2.24) is 14.9 Å². The van der Waals surface area contributed by atoms with Gasteiger partial charge in [0.15, 0.2) is 0 Å². The van der Waals surface area contributed by atoms with E-state index in [1.807, 2.05) is 24.5 Å². The van der Waals surface area contributed by atoms with E-state index < -0.39 is 0 Å². The van der Waals surface area contributed by atoms with Gasteiger partial charge < -0.3 is 14.8 Å². The van der Waals surface area contributed by atoms with Crippen molar-refractivity contribution in [3.8, 4) is 16.9 Å². The van der Waals surface area contributed by atoms with Crippen molar-refractivity contribution in [3.05, 3.63) is 48.3 Å². The number of fused-ring (bicyclic) bond motifs is 1. The number of aliphatic hydroxyl groups excluding tert-OH is 1. The Balaban J connectivity index is 1.43. The Hall–Kier alpha value is -2.37. The number of piperidine rings is 1. The van der Waals surface area contributed by atoms with E-state index >= 15 is 0 Å². The predicted octanol–water partition coefficient (Wildman–Crippen LogP) is 3.63. The lowest BCUT2D eigenvalue weighted by Crippen LogP contribution is -2.38. The van der Waals surface area contributed by atoms with E-state index in [0.717, 1.165) is 61.4 Å². The summed E-state index contributed by atoms with van der Waals surface area (Å²) in [5, 5.41) is 10.8. The molecule has 3 heterocycles. The molecule has 0 amide bonds. The second-order valence-electron chi connectivity index (χ2n) is 7.24.